The average Bonchev–Trinajstić information content (AvgIpc) is 2.56. The van der Waals surface area contributed by atoms with Gasteiger partial charge in [0.2, 0.25) is 15.9 Å². The van der Waals surface area contributed by atoms with Crippen LogP contribution in [0.1, 0.15) is 33.1 Å². The number of rotatable bonds is 10. The molecule has 140 valence electrons. The minimum atomic E-state index is -3.83. The predicted octanol–water partition coefficient (Wildman–Crippen LogP) is 1.50. The number of hydrogen-bond donors (Lipinski definition) is 3. The topological polar surface area (TPSA) is 113 Å². The molecule has 9 heteroatoms. The largest absolute Gasteiger partial charge is 0.481 e. The summed E-state index contributed by atoms with van der Waals surface area (Å²) in [6, 6.07) is 4.31. The second-order valence-corrected chi connectivity index (χ2v) is 7.44. The number of sulfonamides is 1. The van der Waals surface area contributed by atoms with Gasteiger partial charge in [-0.15, -0.1) is 0 Å². The van der Waals surface area contributed by atoms with Crippen molar-refractivity contribution >= 4 is 21.9 Å². The van der Waals surface area contributed by atoms with Gasteiger partial charge in [0.15, 0.2) is 0 Å². The van der Waals surface area contributed by atoms with Crippen molar-refractivity contribution in [3.05, 3.63) is 30.1 Å². The summed E-state index contributed by atoms with van der Waals surface area (Å²) in [7, 11) is -3.83. The number of carboxylic acid groups (broad SMARTS) is 1. The number of halogens is 1. The third-order valence-electron chi connectivity index (χ3n) is 4.20. The van der Waals surface area contributed by atoms with Crippen molar-refractivity contribution in [3.63, 3.8) is 0 Å². The minimum absolute atomic E-state index is 0.0150. The van der Waals surface area contributed by atoms with Gasteiger partial charge in [-0.3, -0.25) is 9.59 Å². The van der Waals surface area contributed by atoms with Crippen LogP contribution in [0, 0.1) is 11.2 Å². The fraction of sp³-hybridized carbons (Fsp3) is 0.500. The molecule has 3 N–H and O–H groups in total. The summed E-state index contributed by atoms with van der Waals surface area (Å²) in [6.07, 6.45) is 0.607. The van der Waals surface area contributed by atoms with Gasteiger partial charge in [-0.1, -0.05) is 13.8 Å². The Morgan fingerprint density at radius 3 is 2.20 bits per heavy atom. The first kappa shape index (κ1) is 21.0. The summed E-state index contributed by atoms with van der Waals surface area (Å²) in [4.78, 5) is 23.1. The molecule has 1 aromatic carbocycles. The van der Waals surface area contributed by atoms with Gasteiger partial charge in [0, 0.05) is 19.5 Å². The van der Waals surface area contributed by atoms with E-state index in [0.717, 1.165) is 24.3 Å². The Labute approximate surface area is 146 Å². The number of hydrogen-bond acceptors (Lipinski definition) is 4. The zero-order valence-electron chi connectivity index (χ0n) is 14.2. The third-order valence-corrected chi connectivity index (χ3v) is 5.68. The molecule has 0 atom stereocenters. The molecule has 0 heterocycles. The van der Waals surface area contributed by atoms with Gasteiger partial charge in [0.25, 0.3) is 0 Å². The van der Waals surface area contributed by atoms with Gasteiger partial charge in [-0.2, -0.15) is 0 Å². The summed E-state index contributed by atoms with van der Waals surface area (Å²) in [5.74, 6) is -1.98. The summed E-state index contributed by atoms with van der Waals surface area (Å²) < 4.78 is 39.0. The fourth-order valence-corrected chi connectivity index (χ4v) is 3.26. The van der Waals surface area contributed by atoms with Crippen molar-refractivity contribution in [1.29, 1.82) is 0 Å². The van der Waals surface area contributed by atoms with Crippen LogP contribution in [0.15, 0.2) is 29.2 Å². The van der Waals surface area contributed by atoms with Crippen LogP contribution in [0.5, 0.6) is 0 Å². The molecule has 1 aromatic rings. The second-order valence-electron chi connectivity index (χ2n) is 5.67. The minimum Gasteiger partial charge on any atom is -0.481 e. The number of carbonyl (C=O) groups is 2. The van der Waals surface area contributed by atoms with E-state index in [1.165, 1.54) is 0 Å². The molecule has 0 aromatic heterocycles. The van der Waals surface area contributed by atoms with E-state index in [9.17, 15) is 27.5 Å². The van der Waals surface area contributed by atoms with E-state index in [0.29, 0.717) is 12.8 Å². The highest BCUT2D eigenvalue weighted by Crippen LogP contribution is 2.25. The number of benzene rings is 1. The molecule has 0 spiro atoms. The molecule has 7 nitrogen and oxygen atoms in total. The number of carboxylic acids is 1. The van der Waals surface area contributed by atoms with Gasteiger partial charge in [0.1, 0.15) is 5.82 Å². The van der Waals surface area contributed by atoms with Crippen molar-refractivity contribution in [2.24, 2.45) is 5.41 Å². The van der Waals surface area contributed by atoms with Crippen molar-refractivity contribution in [3.8, 4) is 0 Å². The SMILES string of the molecule is CCC(CC)(CNC(=O)CCNS(=O)(=O)c1ccc(F)cc1)C(=O)O. The Bertz CT molecular complexity index is 700. The zero-order chi connectivity index (χ0) is 19.1. The van der Waals surface area contributed by atoms with Crippen LogP contribution < -0.4 is 10.0 Å². The fourth-order valence-electron chi connectivity index (χ4n) is 2.23. The van der Waals surface area contributed by atoms with E-state index >= 15 is 0 Å². The van der Waals surface area contributed by atoms with Crippen LogP contribution in [0.3, 0.4) is 0 Å². The normalized spacial score (nSPS) is 12.0. The first-order valence-electron chi connectivity index (χ1n) is 7.92. The Morgan fingerprint density at radius 1 is 1.16 bits per heavy atom. The number of aliphatic carboxylic acids is 1. The predicted molar refractivity (Wildman–Crippen MR) is 89.9 cm³/mol. The monoisotopic (exact) mass is 374 g/mol. The standard InChI is InChI=1S/C16H23FN2O5S/c1-3-16(4-2,15(21)22)11-18-14(20)9-10-19-25(23,24)13-7-5-12(17)6-8-13/h5-8,19H,3-4,9-11H2,1-2H3,(H,18,20)(H,21,22). The van der Waals surface area contributed by atoms with E-state index < -0.39 is 33.1 Å². The lowest BCUT2D eigenvalue weighted by molar-refractivity contribution is -0.149. The molecule has 0 radical (unpaired) electrons. The first-order chi connectivity index (χ1) is 11.7. The molecule has 0 bridgehead atoms. The molecular weight excluding hydrogens is 351 g/mol. The lowest BCUT2D eigenvalue weighted by Gasteiger charge is -2.26. The molecule has 1 rings (SSSR count). The quantitative estimate of drug-likeness (QED) is 0.574. The van der Waals surface area contributed by atoms with Gasteiger partial charge in [-0.25, -0.2) is 17.5 Å². The lowest BCUT2D eigenvalue weighted by atomic mass is 9.82. The van der Waals surface area contributed by atoms with Crippen LogP contribution >= 0.6 is 0 Å². The third kappa shape index (κ3) is 5.79. The van der Waals surface area contributed by atoms with Gasteiger partial charge < -0.3 is 10.4 Å². The van der Waals surface area contributed by atoms with Crippen LogP contribution in [0.25, 0.3) is 0 Å². The number of nitrogens with one attached hydrogen (secondary N) is 2. The summed E-state index contributed by atoms with van der Waals surface area (Å²) >= 11 is 0. The number of amides is 1. The van der Waals surface area contributed by atoms with Crippen molar-refractivity contribution in [2.45, 2.75) is 38.0 Å². The van der Waals surface area contributed by atoms with E-state index in [2.05, 4.69) is 10.0 Å². The Kier molecular flexibility index (Phi) is 7.50. The van der Waals surface area contributed by atoms with Crippen LogP contribution in [-0.4, -0.2) is 38.5 Å². The van der Waals surface area contributed by atoms with Crippen molar-refractivity contribution in [1.82, 2.24) is 10.0 Å². The maximum absolute atomic E-state index is 12.8. The molecule has 25 heavy (non-hydrogen) atoms. The maximum Gasteiger partial charge on any atom is 0.311 e. The summed E-state index contributed by atoms with van der Waals surface area (Å²) in [5.41, 5.74) is -1.02. The Morgan fingerprint density at radius 2 is 1.72 bits per heavy atom. The van der Waals surface area contributed by atoms with E-state index in [1.54, 1.807) is 13.8 Å². The summed E-state index contributed by atoms with van der Waals surface area (Å²) in [5, 5.41) is 11.8. The van der Waals surface area contributed by atoms with Gasteiger partial charge in [0.05, 0.1) is 10.3 Å². The average molecular weight is 374 g/mol. The van der Waals surface area contributed by atoms with Crippen LogP contribution in [0.4, 0.5) is 4.39 Å². The second kappa shape index (κ2) is 8.91. The van der Waals surface area contributed by atoms with E-state index in [1.807, 2.05) is 0 Å². The highest BCUT2D eigenvalue weighted by Gasteiger charge is 2.35. The maximum atomic E-state index is 12.8. The molecule has 0 saturated heterocycles. The molecule has 1 amide bonds. The van der Waals surface area contributed by atoms with E-state index in [-0.39, 0.29) is 24.4 Å². The first-order valence-corrected chi connectivity index (χ1v) is 9.40. The van der Waals surface area contributed by atoms with Crippen LogP contribution in [0.2, 0.25) is 0 Å². The van der Waals surface area contributed by atoms with Crippen molar-refractivity contribution < 1.29 is 27.5 Å². The molecule has 0 fully saturated rings. The highest BCUT2D eigenvalue weighted by molar-refractivity contribution is 7.89. The highest BCUT2D eigenvalue weighted by atomic mass is 32.2. The van der Waals surface area contributed by atoms with E-state index in [4.69, 9.17) is 0 Å². The zero-order valence-corrected chi connectivity index (χ0v) is 15.0. The molecule has 0 aliphatic rings. The molecular formula is C16H23FN2O5S. The van der Waals surface area contributed by atoms with Gasteiger partial charge in [-0.05, 0) is 37.1 Å². The number of carbonyl (C=O) groups excluding carboxylic acids is 1. The van der Waals surface area contributed by atoms with Gasteiger partial charge >= 0.3 is 5.97 Å². The molecule has 0 unspecified atom stereocenters. The molecule has 0 aliphatic heterocycles. The van der Waals surface area contributed by atoms with Crippen molar-refractivity contribution in [2.75, 3.05) is 13.1 Å². The molecule has 0 saturated carbocycles. The summed E-state index contributed by atoms with van der Waals surface area (Å²) in [6.45, 7) is 3.31. The Balaban J connectivity index is 2.51. The van der Waals surface area contributed by atoms with Crippen LogP contribution in [-0.2, 0) is 19.6 Å². The lowest BCUT2D eigenvalue weighted by Crippen LogP contribution is -2.43. The molecule has 0 aliphatic carbocycles. The smallest absolute Gasteiger partial charge is 0.311 e. The Hall–Kier alpha value is -2.00.